The standard InChI is InChI=1S/C21H22BrFN4O2/c1-12(28)26-5-3-13(4-6-26)27-10-21(11-27)19-14-7-15(22)16(23)8-17(14)24-9-18(19)25(2)20(21)29/h7-9,13H,3-6,10-11H2,1-2H3. The number of nitrogens with zero attached hydrogens (tertiary/aromatic N) is 4. The second kappa shape index (κ2) is 6.47. The predicted molar refractivity (Wildman–Crippen MR) is 111 cm³/mol. The Balaban J connectivity index is 1.48. The number of carbonyl (C=O) groups excluding carboxylic acids is 2. The van der Waals surface area contributed by atoms with Crippen LogP contribution in [0, 0.1) is 5.82 Å². The number of rotatable bonds is 1. The van der Waals surface area contributed by atoms with Crippen molar-refractivity contribution < 1.29 is 14.0 Å². The third-order valence-electron chi connectivity index (χ3n) is 6.82. The Morgan fingerprint density at radius 2 is 1.97 bits per heavy atom. The number of likely N-dealkylation sites (N-methyl/N-ethyl adjacent to an activating group) is 1. The topological polar surface area (TPSA) is 56.8 Å². The van der Waals surface area contributed by atoms with Crippen LogP contribution in [0.25, 0.3) is 10.9 Å². The number of piperidine rings is 1. The highest BCUT2D eigenvalue weighted by Gasteiger charge is 2.59. The molecule has 0 radical (unpaired) electrons. The Morgan fingerprint density at radius 3 is 2.62 bits per heavy atom. The molecule has 1 aromatic heterocycles. The van der Waals surface area contributed by atoms with Gasteiger partial charge < -0.3 is 9.80 Å². The maximum absolute atomic E-state index is 14.0. The zero-order valence-corrected chi connectivity index (χ0v) is 18.0. The fraction of sp³-hybridized carbons (Fsp3) is 0.476. The molecular weight excluding hydrogens is 439 g/mol. The monoisotopic (exact) mass is 460 g/mol. The van der Waals surface area contributed by atoms with Crippen molar-refractivity contribution >= 4 is 44.3 Å². The minimum atomic E-state index is -0.597. The number of halogens is 2. The molecule has 1 aromatic carbocycles. The molecule has 0 bridgehead atoms. The highest BCUT2D eigenvalue weighted by atomic mass is 79.9. The molecule has 0 saturated carbocycles. The average molecular weight is 461 g/mol. The lowest BCUT2D eigenvalue weighted by Crippen LogP contribution is -2.67. The van der Waals surface area contributed by atoms with Crippen molar-refractivity contribution in [3.63, 3.8) is 0 Å². The fourth-order valence-electron chi connectivity index (χ4n) is 5.22. The van der Waals surface area contributed by atoms with E-state index in [-0.39, 0.29) is 17.6 Å². The van der Waals surface area contributed by atoms with Crippen molar-refractivity contribution in [3.05, 3.63) is 34.2 Å². The number of anilines is 1. The average Bonchev–Trinajstić information content (AvgIpc) is 2.90. The van der Waals surface area contributed by atoms with E-state index in [2.05, 4.69) is 25.8 Å². The first kappa shape index (κ1) is 18.9. The van der Waals surface area contributed by atoms with Crippen LogP contribution >= 0.6 is 15.9 Å². The van der Waals surface area contributed by atoms with Crippen molar-refractivity contribution in [2.24, 2.45) is 0 Å². The second-order valence-corrected chi connectivity index (χ2v) is 9.24. The van der Waals surface area contributed by atoms with Gasteiger partial charge in [0.05, 0.1) is 21.9 Å². The van der Waals surface area contributed by atoms with E-state index in [1.165, 1.54) is 6.07 Å². The molecule has 2 aromatic rings. The molecule has 0 atom stereocenters. The van der Waals surface area contributed by atoms with E-state index in [0.29, 0.717) is 29.1 Å². The van der Waals surface area contributed by atoms with Gasteiger partial charge in [-0.3, -0.25) is 19.5 Å². The minimum Gasteiger partial charge on any atom is -0.343 e. The van der Waals surface area contributed by atoms with Crippen molar-refractivity contribution in [1.29, 1.82) is 0 Å². The quantitative estimate of drug-likeness (QED) is 0.656. The Labute approximate surface area is 176 Å². The molecule has 6 nitrogen and oxygen atoms in total. The lowest BCUT2D eigenvalue weighted by atomic mass is 9.72. The fourth-order valence-corrected chi connectivity index (χ4v) is 5.56. The number of hydrogen-bond donors (Lipinski definition) is 0. The zero-order chi connectivity index (χ0) is 20.5. The summed E-state index contributed by atoms with van der Waals surface area (Å²) in [6.45, 7) is 4.47. The van der Waals surface area contributed by atoms with Crippen molar-refractivity contribution in [1.82, 2.24) is 14.8 Å². The van der Waals surface area contributed by atoms with E-state index >= 15 is 0 Å². The van der Waals surface area contributed by atoms with Gasteiger partial charge in [0.15, 0.2) is 0 Å². The Bertz CT molecular complexity index is 1040. The van der Waals surface area contributed by atoms with Gasteiger partial charge in [0, 0.05) is 63.2 Å². The summed E-state index contributed by atoms with van der Waals surface area (Å²) in [5, 5.41) is 0.833. The summed E-state index contributed by atoms with van der Waals surface area (Å²) in [6, 6.07) is 3.55. The SMILES string of the molecule is CC(=O)N1CCC(N2CC3(C2)C(=O)N(C)c2cnc4cc(F)c(Br)cc4c23)CC1. The van der Waals surface area contributed by atoms with Crippen molar-refractivity contribution in [2.45, 2.75) is 31.2 Å². The Kier molecular flexibility index (Phi) is 4.22. The molecule has 4 heterocycles. The third-order valence-corrected chi connectivity index (χ3v) is 7.42. The van der Waals surface area contributed by atoms with Crippen LogP contribution in [0.3, 0.4) is 0 Å². The van der Waals surface area contributed by atoms with Crippen LogP contribution in [0.15, 0.2) is 22.8 Å². The van der Waals surface area contributed by atoms with Crippen LogP contribution in [0.5, 0.6) is 0 Å². The predicted octanol–water partition coefficient (Wildman–Crippen LogP) is 2.68. The molecule has 2 amide bonds. The van der Waals surface area contributed by atoms with Gasteiger partial charge in [-0.25, -0.2) is 4.39 Å². The molecule has 3 aliphatic rings. The number of amides is 2. The summed E-state index contributed by atoms with van der Waals surface area (Å²) in [5.41, 5.74) is 1.75. The van der Waals surface area contributed by atoms with Gasteiger partial charge in [-0.05, 0) is 34.8 Å². The molecule has 2 saturated heterocycles. The summed E-state index contributed by atoms with van der Waals surface area (Å²) in [7, 11) is 1.79. The summed E-state index contributed by atoms with van der Waals surface area (Å²) in [4.78, 5) is 35.2. The highest BCUT2D eigenvalue weighted by Crippen LogP contribution is 2.50. The first-order chi connectivity index (χ1) is 13.8. The molecule has 0 N–H and O–H groups in total. The third kappa shape index (κ3) is 2.65. The zero-order valence-electron chi connectivity index (χ0n) is 16.4. The molecule has 5 rings (SSSR count). The van der Waals surface area contributed by atoms with Crippen LogP contribution in [0.2, 0.25) is 0 Å². The van der Waals surface area contributed by atoms with Crippen LogP contribution in [-0.4, -0.2) is 65.9 Å². The summed E-state index contributed by atoms with van der Waals surface area (Å²) >= 11 is 3.28. The lowest BCUT2D eigenvalue weighted by Gasteiger charge is -2.52. The van der Waals surface area contributed by atoms with Gasteiger partial charge in [-0.2, -0.15) is 0 Å². The van der Waals surface area contributed by atoms with Crippen LogP contribution < -0.4 is 4.90 Å². The van der Waals surface area contributed by atoms with Crippen LogP contribution in [0.4, 0.5) is 10.1 Å². The van der Waals surface area contributed by atoms with E-state index in [9.17, 15) is 14.0 Å². The van der Waals surface area contributed by atoms with Gasteiger partial charge in [0.1, 0.15) is 11.2 Å². The Hall–Kier alpha value is -2.06. The number of aromatic nitrogens is 1. The maximum Gasteiger partial charge on any atom is 0.240 e. The van der Waals surface area contributed by atoms with Crippen LogP contribution in [-0.2, 0) is 15.0 Å². The smallest absolute Gasteiger partial charge is 0.240 e. The first-order valence-corrected chi connectivity index (χ1v) is 10.7. The number of likely N-dealkylation sites (tertiary alicyclic amines) is 2. The van der Waals surface area contributed by atoms with E-state index in [1.807, 2.05) is 4.90 Å². The molecule has 2 fully saturated rings. The van der Waals surface area contributed by atoms with Crippen molar-refractivity contribution in [3.8, 4) is 0 Å². The summed E-state index contributed by atoms with van der Waals surface area (Å²) in [5.74, 6) is -0.148. The first-order valence-electron chi connectivity index (χ1n) is 9.88. The van der Waals surface area contributed by atoms with E-state index in [4.69, 9.17) is 0 Å². The molecule has 1 spiro atoms. The molecule has 29 heavy (non-hydrogen) atoms. The van der Waals surface area contributed by atoms with E-state index in [0.717, 1.165) is 42.6 Å². The van der Waals surface area contributed by atoms with Crippen molar-refractivity contribution in [2.75, 3.05) is 38.1 Å². The molecular formula is C21H22BrFN4O2. The number of pyridine rings is 1. The van der Waals surface area contributed by atoms with Gasteiger partial charge in [0.25, 0.3) is 0 Å². The number of hydrogen-bond acceptors (Lipinski definition) is 4. The van der Waals surface area contributed by atoms with Gasteiger partial charge in [-0.15, -0.1) is 0 Å². The number of benzene rings is 1. The normalized spacial score (nSPS) is 21.7. The minimum absolute atomic E-state index is 0.0830. The van der Waals surface area contributed by atoms with E-state index < -0.39 is 5.41 Å². The Morgan fingerprint density at radius 1 is 1.28 bits per heavy atom. The van der Waals surface area contributed by atoms with Gasteiger partial charge in [-0.1, -0.05) is 0 Å². The number of fused-ring (bicyclic) bond motifs is 4. The summed E-state index contributed by atoms with van der Waals surface area (Å²) in [6.07, 6.45) is 3.55. The van der Waals surface area contributed by atoms with E-state index in [1.54, 1.807) is 31.1 Å². The molecule has 152 valence electrons. The summed E-state index contributed by atoms with van der Waals surface area (Å²) < 4.78 is 14.4. The lowest BCUT2D eigenvalue weighted by molar-refractivity contribution is -0.133. The van der Waals surface area contributed by atoms with Crippen LogP contribution in [0.1, 0.15) is 25.3 Å². The molecule has 8 heteroatoms. The maximum atomic E-state index is 14.0. The van der Waals surface area contributed by atoms with Gasteiger partial charge >= 0.3 is 0 Å². The highest BCUT2D eigenvalue weighted by molar-refractivity contribution is 9.10. The largest absolute Gasteiger partial charge is 0.343 e. The molecule has 3 aliphatic heterocycles. The van der Waals surface area contributed by atoms with Gasteiger partial charge in [0.2, 0.25) is 11.8 Å². The number of carbonyl (C=O) groups is 2. The molecule has 0 unspecified atom stereocenters. The molecule has 0 aliphatic carbocycles. The second-order valence-electron chi connectivity index (χ2n) is 8.39.